The van der Waals surface area contributed by atoms with Gasteiger partial charge in [-0.05, 0) is 31.3 Å². The summed E-state index contributed by atoms with van der Waals surface area (Å²) in [6.07, 6.45) is 1.78. The van der Waals surface area contributed by atoms with Crippen LogP contribution in [0.3, 0.4) is 0 Å². The average molecular weight is 351 g/mol. The van der Waals surface area contributed by atoms with Crippen molar-refractivity contribution in [2.24, 2.45) is 0 Å². The zero-order chi connectivity index (χ0) is 17.8. The highest BCUT2D eigenvalue weighted by Crippen LogP contribution is 2.20. The minimum absolute atomic E-state index is 0.264. The monoisotopic (exact) mass is 351 g/mol. The van der Waals surface area contributed by atoms with Gasteiger partial charge in [-0.3, -0.25) is 0 Å². The largest absolute Gasteiger partial charge is 0.485 e. The first-order chi connectivity index (χ1) is 12.8. The van der Waals surface area contributed by atoms with Crippen molar-refractivity contribution >= 4 is 5.82 Å². The van der Waals surface area contributed by atoms with Crippen LogP contribution in [0.2, 0.25) is 0 Å². The highest BCUT2D eigenvalue weighted by Gasteiger charge is 2.16. The summed E-state index contributed by atoms with van der Waals surface area (Å²) in [5.74, 6) is 2.71. The van der Waals surface area contributed by atoms with Crippen LogP contribution in [0.4, 0.5) is 5.82 Å². The van der Waals surface area contributed by atoms with Gasteiger partial charge < -0.3 is 19.1 Å². The predicted octanol–water partition coefficient (Wildman–Crippen LogP) is 2.46. The van der Waals surface area contributed by atoms with E-state index in [4.69, 9.17) is 9.26 Å². The van der Waals surface area contributed by atoms with Crippen molar-refractivity contribution in [1.29, 1.82) is 0 Å². The summed E-state index contributed by atoms with van der Waals surface area (Å²) < 4.78 is 11.0. The smallest absolute Gasteiger partial charge is 0.259 e. The second-order valence-electron chi connectivity index (χ2n) is 6.31. The van der Waals surface area contributed by atoms with Gasteiger partial charge in [-0.25, -0.2) is 4.98 Å². The van der Waals surface area contributed by atoms with Crippen molar-refractivity contribution in [3.05, 3.63) is 54.5 Å². The Morgan fingerprint density at radius 3 is 2.58 bits per heavy atom. The van der Waals surface area contributed by atoms with Crippen LogP contribution in [0.5, 0.6) is 5.75 Å². The van der Waals surface area contributed by atoms with Gasteiger partial charge in [0.2, 0.25) is 5.82 Å². The van der Waals surface area contributed by atoms with Crippen molar-refractivity contribution in [3.8, 4) is 17.2 Å². The van der Waals surface area contributed by atoms with Gasteiger partial charge in [0.15, 0.2) is 6.61 Å². The summed E-state index contributed by atoms with van der Waals surface area (Å²) in [7, 11) is 2.14. The Morgan fingerprint density at radius 1 is 1.04 bits per heavy atom. The molecular weight excluding hydrogens is 330 g/mol. The highest BCUT2D eigenvalue weighted by molar-refractivity contribution is 5.54. The van der Waals surface area contributed by atoms with Gasteiger partial charge in [-0.2, -0.15) is 4.98 Å². The van der Waals surface area contributed by atoms with Gasteiger partial charge in [0, 0.05) is 32.4 Å². The van der Waals surface area contributed by atoms with Crippen LogP contribution in [0.15, 0.2) is 53.2 Å². The molecule has 134 valence electrons. The fraction of sp³-hybridized carbons (Fsp3) is 0.316. The molecule has 0 amide bonds. The Bertz CT molecular complexity index is 827. The van der Waals surface area contributed by atoms with Crippen LogP contribution >= 0.6 is 0 Å². The van der Waals surface area contributed by atoms with E-state index in [0.717, 1.165) is 43.3 Å². The normalized spacial score (nSPS) is 15.2. The number of hydrogen-bond acceptors (Lipinski definition) is 7. The fourth-order valence-corrected chi connectivity index (χ4v) is 2.83. The minimum Gasteiger partial charge on any atom is -0.485 e. The van der Waals surface area contributed by atoms with E-state index in [-0.39, 0.29) is 6.61 Å². The second-order valence-corrected chi connectivity index (χ2v) is 6.31. The molecule has 26 heavy (non-hydrogen) atoms. The number of nitrogens with zero attached hydrogens (tertiary/aromatic N) is 5. The molecule has 1 aromatic carbocycles. The molecule has 0 spiro atoms. The first-order valence-electron chi connectivity index (χ1n) is 8.68. The lowest BCUT2D eigenvalue weighted by atomic mass is 10.2. The molecule has 7 heteroatoms. The molecule has 0 bridgehead atoms. The number of pyridine rings is 1. The summed E-state index contributed by atoms with van der Waals surface area (Å²) in [6.45, 7) is 4.35. The van der Waals surface area contributed by atoms with Crippen molar-refractivity contribution < 1.29 is 9.26 Å². The number of para-hydroxylation sites is 1. The van der Waals surface area contributed by atoms with Crippen molar-refractivity contribution in [1.82, 2.24) is 20.0 Å². The Hall–Kier alpha value is -2.93. The summed E-state index contributed by atoms with van der Waals surface area (Å²) in [6, 6.07) is 13.5. The maximum absolute atomic E-state index is 5.64. The van der Waals surface area contributed by atoms with Crippen LogP contribution in [-0.4, -0.2) is 53.3 Å². The summed E-state index contributed by atoms with van der Waals surface area (Å²) in [5.41, 5.74) is 0.807. The van der Waals surface area contributed by atoms with Gasteiger partial charge >= 0.3 is 0 Å². The van der Waals surface area contributed by atoms with E-state index in [1.54, 1.807) is 6.20 Å². The van der Waals surface area contributed by atoms with Gasteiger partial charge in [0.05, 0.1) is 5.56 Å². The van der Waals surface area contributed by atoms with Crippen LogP contribution in [0.1, 0.15) is 5.82 Å². The molecule has 0 atom stereocenters. The van der Waals surface area contributed by atoms with Crippen LogP contribution in [0.25, 0.3) is 11.5 Å². The zero-order valence-corrected chi connectivity index (χ0v) is 14.7. The standard InChI is InChI=1S/C19H21N5O2/c1-23-9-11-24(12-10-23)18-8-7-15(13-20-18)19-21-17(22-26-19)14-25-16-5-3-2-4-6-16/h2-8,13H,9-12,14H2,1H3. The molecule has 0 unspecified atom stereocenters. The first-order valence-corrected chi connectivity index (χ1v) is 8.68. The molecule has 7 nitrogen and oxygen atoms in total. The quantitative estimate of drug-likeness (QED) is 0.699. The summed E-state index contributed by atoms with van der Waals surface area (Å²) in [5, 5.41) is 3.97. The lowest BCUT2D eigenvalue weighted by Crippen LogP contribution is -2.44. The van der Waals surface area contributed by atoms with E-state index >= 15 is 0 Å². The van der Waals surface area contributed by atoms with Crippen LogP contribution < -0.4 is 9.64 Å². The van der Waals surface area contributed by atoms with E-state index in [9.17, 15) is 0 Å². The topological polar surface area (TPSA) is 67.5 Å². The van der Waals surface area contributed by atoms with Crippen LogP contribution in [-0.2, 0) is 6.61 Å². The molecule has 0 saturated carbocycles. The number of anilines is 1. The molecule has 0 N–H and O–H groups in total. The van der Waals surface area contributed by atoms with Crippen LogP contribution in [0, 0.1) is 0 Å². The Labute approximate surface area is 152 Å². The number of benzene rings is 1. The third kappa shape index (κ3) is 3.83. The number of rotatable bonds is 5. The molecule has 0 aliphatic carbocycles. The molecule has 1 aliphatic rings. The number of likely N-dealkylation sites (N-methyl/N-ethyl adjacent to an activating group) is 1. The molecule has 1 fully saturated rings. The molecule has 2 aromatic heterocycles. The Kier molecular flexibility index (Phi) is 4.79. The summed E-state index contributed by atoms with van der Waals surface area (Å²) in [4.78, 5) is 13.5. The predicted molar refractivity (Wildman–Crippen MR) is 98.0 cm³/mol. The maximum Gasteiger partial charge on any atom is 0.259 e. The molecule has 3 aromatic rings. The third-order valence-corrected chi connectivity index (χ3v) is 4.40. The number of piperazine rings is 1. The third-order valence-electron chi connectivity index (χ3n) is 4.40. The molecular formula is C19H21N5O2. The van der Waals surface area contributed by atoms with Gasteiger partial charge in [-0.1, -0.05) is 23.4 Å². The SMILES string of the molecule is CN1CCN(c2ccc(-c3nc(COc4ccccc4)no3)cn2)CC1. The number of ether oxygens (including phenoxy) is 1. The number of hydrogen-bond donors (Lipinski definition) is 0. The van der Waals surface area contributed by atoms with Gasteiger partial charge in [-0.15, -0.1) is 0 Å². The molecule has 0 radical (unpaired) electrons. The molecule has 1 saturated heterocycles. The van der Waals surface area contributed by atoms with E-state index < -0.39 is 0 Å². The van der Waals surface area contributed by atoms with Gasteiger partial charge in [0.25, 0.3) is 5.89 Å². The van der Waals surface area contributed by atoms with Crippen molar-refractivity contribution in [2.45, 2.75) is 6.61 Å². The zero-order valence-electron chi connectivity index (χ0n) is 14.7. The molecule has 4 rings (SSSR count). The van der Waals surface area contributed by atoms with Gasteiger partial charge in [0.1, 0.15) is 11.6 Å². The molecule has 3 heterocycles. The van der Waals surface area contributed by atoms with E-state index in [1.165, 1.54) is 0 Å². The van der Waals surface area contributed by atoms with Crippen molar-refractivity contribution in [3.63, 3.8) is 0 Å². The maximum atomic E-state index is 5.64. The first kappa shape index (κ1) is 16.5. The average Bonchev–Trinajstić information content (AvgIpc) is 3.17. The van der Waals surface area contributed by atoms with E-state index in [1.807, 2.05) is 42.5 Å². The molecule has 1 aliphatic heterocycles. The van der Waals surface area contributed by atoms with E-state index in [2.05, 4.69) is 32.0 Å². The Balaban J connectivity index is 1.39. The lowest BCUT2D eigenvalue weighted by Gasteiger charge is -2.33. The van der Waals surface area contributed by atoms with Crippen molar-refractivity contribution in [2.75, 3.05) is 38.1 Å². The lowest BCUT2D eigenvalue weighted by molar-refractivity contribution is 0.287. The fourth-order valence-electron chi connectivity index (χ4n) is 2.83. The number of aromatic nitrogens is 3. The minimum atomic E-state index is 0.264. The van der Waals surface area contributed by atoms with E-state index in [0.29, 0.717) is 11.7 Å². The second kappa shape index (κ2) is 7.53. The summed E-state index contributed by atoms with van der Waals surface area (Å²) >= 11 is 0. The highest BCUT2D eigenvalue weighted by atomic mass is 16.5. The Morgan fingerprint density at radius 2 is 1.85 bits per heavy atom.